The zero-order valence-electron chi connectivity index (χ0n) is 13.4. The quantitative estimate of drug-likeness (QED) is 0.696. The van der Waals surface area contributed by atoms with Gasteiger partial charge in [-0.3, -0.25) is 19.2 Å². The highest BCUT2D eigenvalue weighted by Crippen LogP contribution is 2.13. The molecule has 1 aliphatic rings. The number of carbonyl (C=O) groups excluding carboxylic acids is 3. The Morgan fingerprint density at radius 1 is 1.29 bits per heavy atom. The molecule has 0 aliphatic carbocycles. The molecular formula is C15H20N4O5. The average Bonchev–Trinajstić information content (AvgIpc) is 2.60. The van der Waals surface area contributed by atoms with Crippen LogP contribution in [0.3, 0.4) is 0 Å². The number of esters is 1. The summed E-state index contributed by atoms with van der Waals surface area (Å²) in [5.41, 5.74) is -0.171. The molecule has 130 valence electrons. The monoisotopic (exact) mass is 336 g/mol. The molecule has 2 amide bonds. The molecular weight excluding hydrogens is 316 g/mol. The predicted octanol–water partition coefficient (Wildman–Crippen LogP) is -0.556. The highest BCUT2D eigenvalue weighted by molar-refractivity contribution is 5.92. The number of hydrogen-bond acceptors (Lipinski definition) is 6. The molecule has 2 rings (SSSR count). The highest BCUT2D eigenvalue weighted by atomic mass is 16.5. The van der Waals surface area contributed by atoms with Crippen LogP contribution in [0.4, 0.5) is 0 Å². The zero-order chi connectivity index (χ0) is 17.5. The van der Waals surface area contributed by atoms with Crippen LogP contribution in [0, 0.1) is 0 Å². The van der Waals surface area contributed by atoms with E-state index in [4.69, 9.17) is 0 Å². The van der Waals surface area contributed by atoms with Crippen molar-refractivity contribution in [3.8, 4) is 0 Å². The summed E-state index contributed by atoms with van der Waals surface area (Å²) in [6.45, 7) is 0.975. The van der Waals surface area contributed by atoms with Gasteiger partial charge in [0.1, 0.15) is 5.69 Å². The van der Waals surface area contributed by atoms with Crippen molar-refractivity contribution in [2.24, 2.45) is 0 Å². The van der Waals surface area contributed by atoms with Gasteiger partial charge in [-0.05, 0) is 18.9 Å². The van der Waals surface area contributed by atoms with Crippen molar-refractivity contribution in [2.45, 2.75) is 31.7 Å². The van der Waals surface area contributed by atoms with Crippen molar-refractivity contribution in [2.75, 3.05) is 20.2 Å². The largest absolute Gasteiger partial charge is 0.469 e. The number of piperidine rings is 1. The summed E-state index contributed by atoms with van der Waals surface area (Å²) >= 11 is 0. The third-order valence-electron chi connectivity index (χ3n) is 3.83. The summed E-state index contributed by atoms with van der Waals surface area (Å²) in [7, 11) is 1.28. The first-order valence-corrected chi connectivity index (χ1v) is 7.71. The maximum atomic E-state index is 12.3. The van der Waals surface area contributed by atoms with Crippen molar-refractivity contribution < 1.29 is 19.1 Å². The van der Waals surface area contributed by atoms with Crippen LogP contribution in [-0.2, 0) is 14.3 Å². The van der Waals surface area contributed by atoms with Crippen LogP contribution in [0.25, 0.3) is 0 Å². The molecule has 1 saturated heterocycles. The first-order valence-electron chi connectivity index (χ1n) is 7.71. The minimum atomic E-state index is -0.418. The van der Waals surface area contributed by atoms with E-state index in [2.05, 4.69) is 20.3 Å². The van der Waals surface area contributed by atoms with Crippen LogP contribution in [0.5, 0.6) is 0 Å². The van der Waals surface area contributed by atoms with Gasteiger partial charge in [0.25, 0.3) is 11.5 Å². The highest BCUT2D eigenvalue weighted by Gasteiger charge is 2.25. The van der Waals surface area contributed by atoms with Gasteiger partial charge < -0.3 is 15.0 Å². The van der Waals surface area contributed by atoms with E-state index in [1.165, 1.54) is 19.2 Å². The van der Waals surface area contributed by atoms with Gasteiger partial charge in [0.05, 0.1) is 13.5 Å². The fourth-order valence-corrected chi connectivity index (χ4v) is 2.47. The molecule has 2 N–H and O–H groups in total. The lowest BCUT2D eigenvalue weighted by Crippen LogP contribution is -2.46. The second-order valence-electron chi connectivity index (χ2n) is 5.52. The van der Waals surface area contributed by atoms with Gasteiger partial charge in [-0.2, -0.15) is 5.10 Å². The first kappa shape index (κ1) is 17.6. The Balaban J connectivity index is 1.77. The summed E-state index contributed by atoms with van der Waals surface area (Å²) in [5, 5.41) is 8.82. The summed E-state index contributed by atoms with van der Waals surface area (Å²) in [4.78, 5) is 47.6. The molecule has 0 unspecified atom stereocenters. The van der Waals surface area contributed by atoms with E-state index in [1.54, 1.807) is 4.90 Å². The molecule has 0 radical (unpaired) electrons. The molecule has 2 heterocycles. The van der Waals surface area contributed by atoms with E-state index in [0.717, 1.165) is 0 Å². The number of carbonyl (C=O) groups is 3. The smallest absolute Gasteiger partial charge is 0.306 e. The number of aromatic nitrogens is 2. The third-order valence-corrected chi connectivity index (χ3v) is 3.83. The Kier molecular flexibility index (Phi) is 6.05. The van der Waals surface area contributed by atoms with Crippen molar-refractivity contribution in [3.05, 3.63) is 28.2 Å². The molecule has 0 spiro atoms. The van der Waals surface area contributed by atoms with Crippen molar-refractivity contribution in [1.29, 1.82) is 0 Å². The number of nitrogens with zero attached hydrogens (tertiary/aromatic N) is 2. The van der Waals surface area contributed by atoms with E-state index in [1.807, 2.05) is 0 Å². The summed E-state index contributed by atoms with van der Waals surface area (Å²) < 4.78 is 4.49. The number of hydrogen-bond donors (Lipinski definition) is 2. The molecule has 0 aromatic carbocycles. The normalized spacial score (nSPS) is 15.0. The van der Waals surface area contributed by atoms with Crippen LogP contribution in [-0.4, -0.2) is 59.1 Å². The van der Waals surface area contributed by atoms with E-state index < -0.39 is 5.97 Å². The molecule has 24 heavy (non-hydrogen) atoms. The maximum absolute atomic E-state index is 12.3. The number of likely N-dealkylation sites (tertiary alicyclic amines) is 1. The van der Waals surface area contributed by atoms with E-state index >= 15 is 0 Å². The van der Waals surface area contributed by atoms with E-state index in [-0.39, 0.29) is 42.0 Å². The molecule has 9 nitrogen and oxygen atoms in total. The Bertz CT molecular complexity index is 644. The Morgan fingerprint density at radius 3 is 2.58 bits per heavy atom. The molecule has 1 fully saturated rings. The summed E-state index contributed by atoms with van der Waals surface area (Å²) in [6, 6.07) is 2.62. The van der Waals surface area contributed by atoms with E-state index in [9.17, 15) is 19.2 Å². The van der Waals surface area contributed by atoms with Crippen molar-refractivity contribution >= 4 is 17.8 Å². The van der Waals surface area contributed by atoms with Gasteiger partial charge in [-0.15, -0.1) is 0 Å². The van der Waals surface area contributed by atoms with Crippen LogP contribution >= 0.6 is 0 Å². The molecule has 1 aliphatic heterocycles. The number of ether oxygens (including phenoxy) is 1. The molecule has 9 heteroatoms. The lowest BCUT2D eigenvalue weighted by molar-refractivity contribution is -0.142. The number of H-pyrrole nitrogens is 1. The lowest BCUT2D eigenvalue weighted by Gasteiger charge is -2.32. The lowest BCUT2D eigenvalue weighted by atomic mass is 10.0. The molecule has 1 aromatic rings. The second kappa shape index (κ2) is 8.23. The Hall–Kier alpha value is -2.71. The van der Waals surface area contributed by atoms with Gasteiger partial charge in [-0.1, -0.05) is 0 Å². The first-order chi connectivity index (χ1) is 11.5. The van der Waals surface area contributed by atoms with Crippen LogP contribution in [0.1, 0.15) is 36.2 Å². The van der Waals surface area contributed by atoms with Crippen molar-refractivity contribution in [3.63, 3.8) is 0 Å². The minimum Gasteiger partial charge on any atom is -0.469 e. The number of aromatic amines is 1. The molecule has 1 aromatic heterocycles. The number of rotatable bonds is 5. The van der Waals surface area contributed by atoms with Gasteiger partial charge >= 0.3 is 5.97 Å². The summed E-state index contributed by atoms with van der Waals surface area (Å²) in [6.07, 6.45) is 1.39. The average molecular weight is 336 g/mol. The Labute approximate surface area is 138 Å². The maximum Gasteiger partial charge on any atom is 0.306 e. The number of nitrogens with one attached hydrogen (secondary N) is 2. The minimum absolute atomic E-state index is 0.0252. The Morgan fingerprint density at radius 2 is 2.00 bits per heavy atom. The van der Waals surface area contributed by atoms with Gasteiger partial charge in [0.15, 0.2) is 0 Å². The molecule has 0 bridgehead atoms. The van der Waals surface area contributed by atoms with Gasteiger partial charge in [0.2, 0.25) is 5.91 Å². The topological polar surface area (TPSA) is 121 Å². The number of methoxy groups -OCH3 is 1. The standard InChI is InChI=1S/C15H20N4O5/c1-24-14(22)5-4-12(20)16-10-6-8-19(9-7-10)15(23)11-2-3-13(21)18-17-11/h2-3,10H,4-9H2,1H3,(H,16,20)(H,18,21). The van der Waals surface area contributed by atoms with Crippen LogP contribution in [0.2, 0.25) is 0 Å². The van der Waals surface area contributed by atoms with E-state index in [0.29, 0.717) is 25.9 Å². The molecule has 0 atom stereocenters. The predicted molar refractivity (Wildman–Crippen MR) is 83.2 cm³/mol. The van der Waals surface area contributed by atoms with Gasteiger partial charge in [0, 0.05) is 31.6 Å². The fraction of sp³-hybridized carbons (Fsp3) is 0.533. The van der Waals surface area contributed by atoms with Crippen LogP contribution in [0.15, 0.2) is 16.9 Å². The summed E-state index contributed by atoms with van der Waals surface area (Å²) in [5.74, 6) is -0.867. The zero-order valence-corrected chi connectivity index (χ0v) is 13.4. The second-order valence-corrected chi connectivity index (χ2v) is 5.52. The SMILES string of the molecule is COC(=O)CCC(=O)NC1CCN(C(=O)c2ccc(=O)[nH]n2)CC1. The third kappa shape index (κ3) is 4.90. The molecule has 0 saturated carbocycles. The van der Waals surface area contributed by atoms with Gasteiger partial charge in [-0.25, -0.2) is 5.10 Å². The van der Waals surface area contributed by atoms with Crippen LogP contribution < -0.4 is 10.9 Å². The fourth-order valence-electron chi connectivity index (χ4n) is 2.47. The van der Waals surface area contributed by atoms with Crippen molar-refractivity contribution in [1.82, 2.24) is 20.4 Å². The number of amides is 2.